The van der Waals surface area contributed by atoms with E-state index in [1.165, 1.54) is 6.92 Å². The summed E-state index contributed by atoms with van der Waals surface area (Å²) in [5, 5.41) is 8.14. The molecule has 16 heavy (non-hydrogen) atoms. The van der Waals surface area contributed by atoms with Crippen molar-refractivity contribution in [3.63, 3.8) is 0 Å². The molecule has 3 nitrogen and oxygen atoms in total. The van der Waals surface area contributed by atoms with E-state index in [4.69, 9.17) is 5.11 Å². The number of aryl methyl sites for hydroxylation is 1. The third kappa shape index (κ3) is 3.70. The number of benzene rings is 1. The Morgan fingerprint density at radius 3 is 2.50 bits per heavy atom. The fraction of sp³-hybridized carbons (Fsp3) is 0.333. The molecule has 0 aliphatic rings. The molecule has 0 spiro atoms. The standard InChI is InChI=1S/C12H14O3S/c1-8-5-3-4-6-10(8)7-11(12(14)15)16-9(2)13/h3-6,11H,7H2,1-2H3,(H,14,15). The summed E-state index contributed by atoms with van der Waals surface area (Å²) in [6.45, 7) is 3.32. The Hall–Kier alpha value is -1.29. The molecule has 1 N–H and O–H groups in total. The van der Waals surface area contributed by atoms with E-state index >= 15 is 0 Å². The fourth-order valence-corrected chi connectivity index (χ4v) is 2.18. The van der Waals surface area contributed by atoms with E-state index in [0.29, 0.717) is 6.42 Å². The van der Waals surface area contributed by atoms with Gasteiger partial charge in [0.15, 0.2) is 5.12 Å². The van der Waals surface area contributed by atoms with Gasteiger partial charge in [-0.05, 0) is 24.5 Å². The topological polar surface area (TPSA) is 54.4 Å². The van der Waals surface area contributed by atoms with Crippen LogP contribution in [0.3, 0.4) is 0 Å². The SMILES string of the molecule is CC(=O)SC(Cc1ccccc1C)C(=O)O. The highest BCUT2D eigenvalue weighted by molar-refractivity contribution is 8.14. The molecule has 0 heterocycles. The van der Waals surface area contributed by atoms with E-state index in [1.807, 2.05) is 31.2 Å². The zero-order valence-electron chi connectivity index (χ0n) is 9.27. The summed E-state index contributed by atoms with van der Waals surface area (Å²) in [4.78, 5) is 21.9. The molecule has 1 rings (SSSR count). The summed E-state index contributed by atoms with van der Waals surface area (Å²) < 4.78 is 0. The second kappa shape index (κ2) is 5.70. The number of carbonyl (C=O) groups is 2. The van der Waals surface area contributed by atoms with Gasteiger partial charge < -0.3 is 5.11 Å². The maximum Gasteiger partial charge on any atom is 0.317 e. The predicted octanol–water partition coefficient (Wildman–Crippen LogP) is 2.27. The monoisotopic (exact) mass is 238 g/mol. The van der Waals surface area contributed by atoms with Crippen LogP contribution >= 0.6 is 11.8 Å². The zero-order valence-corrected chi connectivity index (χ0v) is 10.1. The van der Waals surface area contributed by atoms with Crippen LogP contribution in [0.15, 0.2) is 24.3 Å². The van der Waals surface area contributed by atoms with Crippen molar-refractivity contribution in [2.75, 3.05) is 0 Å². The Labute approximate surface area is 98.9 Å². The zero-order chi connectivity index (χ0) is 12.1. The molecule has 0 bridgehead atoms. The van der Waals surface area contributed by atoms with Crippen LogP contribution in [0.1, 0.15) is 18.1 Å². The Balaban J connectivity index is 2.80. The first-order valence-corrected chi connectivity index (χ1v) is 5.83. The molecule has 0 amide bonds. The molecule has 0 fully saturated rings. The number of hydrogen-bond donors (Lipinski definition) is 1. The number of carboxylic acids is 1. The maximum absolute atomic E-state index is 11.0. The van der Waals surface area contributed by atoms with Crippen molar-refractivity contribution < 1.29 is 14.7 Å². The van der Waals surface area contributed by atoms with Gasteiger partial charge in [-0.1, -0.05) is 36.0 Å². The number of aliphatic carboxylic acids is 1. The average molecular weight is 238 g/mol. The molecule has 0 saturated carbocycles. The van der Waals surface area contributed by atoms with Crippen molar-refractivity contribution in [2.45, 2.75) is 25.5 Å². The van der Waals surface area contributed by atoms with Gasteiger partial charge in [-0.3, -0.25) is 9.59 Å². The molecule has 0 saturated heterocycles. The Kier molecular flexibility index (Phi) is 4.55. The minimum atomic E-state index is -0.941. The number of hydrogen-bond acceptors (Lipinski definition) is 3. The first kappa shape index (κ1) is 12.8. The van der Waals surface area contributed by atoms with Gasteiger partial charge in [0.1, 0.15) is 5.25 Å². The van der Waals surface area contributed by atoms with Crippen LogP contribution in [0.2, 0.25) is 0 Å². The minimum Gasteiger partial charge on any atom is -0.480 e. The molecule has 1 unspecified atom stereocenters. The van der Waals surface area contributed by atoms with E-state index in [-0.39, 0.29) is 5.12 Å². The lowest BCUT2D eigenvalue weighted by atomic mass is 10.0. The van der Waals surface area contributed by atoms with Gasteiger partial charge in [-0.2, -0.15) is 0 Å². The highest BCUT2D eigenvalue weighted by Crippen LogP contribution is 2.19. The van der Waals surface area contributed by atoms with Crippen molar-refractivity contribution in [1.82, 2.24) is 0 Å². The lowest BCUT2D eigenvalue weighted by molar-refractivity contribution is -0.136. The number of carbonyl (C=O) groups excluding carboxylic acids is 1. The fourth-order valence-electron chi connectivity index (χ4n) is 1.42. The molecular formula is C12H14O3S. The highest BCUT2D eigenvalue weighted by Gasteiger charge is 2.21. The van der Waals surface area contributed by atoms with E-state index in [1.54, 1.807) is 0 Å². The van der Waals surface area contributed by atoms with Crippen LogP contribution in [0.25, 0.3) is 0 Å². The Morgan fingerprint density at radius 1 is 1.38 bits per heavy atom. The summed E-state index contributed by atoms with van der Waals surface area (Å²) >= 11 is 0.873. The van der Waals surface area contributed by atoms with Gasteiger partial charge in [0.2, 0.25) is 0 Å². The molecule has 1 aromatic rings. The summed E-state index contributed by atoms with van der Waals surface area (Å²) in [5.74, 6) is -0.941. The van der Waals surface area contributed by atoms with Crippen LogP contribution in [0.4, 0.5) is 0 Å². The molecule has 0 aliphatic heterocycles. The van der Waals surface area contributed by atoms with Gasteiger partial charge in [-0.15, -0.1) is 0 Å². The van der Waals surface area contributed by atoms with Gasteiger partial charge in [-0.25, -0.2) is 0 Å². The summed E-state index contributed by atoms with van der Waals surface area (Å²) in [7, 11) is 0. The van der Waals surface area contributed by atoms with Gasteiger partial charge in [0, 0.05) is 6.92 Å². The van der Waals surface area contributed by atoms with Crippen LogP contribution in [0, 0.1) is 6.92 Å². The number of thioether (sulfide) groups is 1. The number of carboxylic acid groups (broad SMARTS) is 1. The first-order chi connectivity index (χ1) is 7.50. The van der Waals surface area contributed by atoms with E-state index in [0.717, 1.165) is 22.9 Å². The van der Waals surface area contributed by atoms with Gasteiger partial charge in [0.25, 0.3) is 0 Å². The van der Waals surface area contributed by atoms with Crippen molar-refractivity contribution in [1.29, 1.82) is 0 Å². The quantitative estimate of drug-likeness (QED) is 0.874. The molecule has 0 aromatic heterocycles. The van der Waals surface area contributed by atoms with E-state index < -0.39 is 11.2 Å². The summed E-state index contributed by atoms with van der Waals surface area (Å²) in [6.07, 6.45) is 0.381. The van der Waals surface area contributed by atoms with Crippen molar-refractivity contribution >= 4 is 22.8 Å². The smallest absolute Gasteiger partial charge is 0.317 e. The second-order valence-electron chi connectivity index (χ2n) is 3.57. The first-order valence-electron chi connectivity index (χ1n) is 4.95. The van der Waals surface area contributed by atoms with Crippen molar-refractivity contribution in [3.05, 3.63) is 35.4 Å². The molecule has 0 radical (unpaired) electrons. The minimum absolute atomic E-state index is 0.166. The largest absolute Gasteiger partial charge is 0.480 e. The maximum atomic E-state index is 11.0. The van der Waals surface area contributed by atoms with Gasteiger partial charge >= 0.3 is 5.97 Å². The highest BCUT2D eigenvalue weighted by atomic mass is 32.2. The molecule has 1 atom stereocenters. The molecule has 86 valence electrons. The second-order valence-corrected chi connectivity index (χ2v) is 4.95. The van der Waals surface area contributed by atoms with Crippen LogP contribution in [0.5, 0.6) is 0 Å². The molecule has 0 aliphatic carbocycles. The molecule has 1 aromatic carbocycles. The van der Waals surface area contributed by atoms with Crippen LogP contribution in [-0.2, 0) is 16.0 Å². The average Bonchev–Trinajstić information content (AvgIpc) is 2.19. The lowest BCUT2D eigenvalue weighted by Crippen LogP contribution is -2.21. The van der Waals surface area contributed by atoms with E-state index in [9.17, 15) is 9.59 Å². The van der Waals surface area contributed by atoms with Crippen molar-refractivity contribution in [3.8, 4) is 0 Å². The van der Waals surface area contributed by atoms with Crippen LogP contribution < -0.4 is 0 Å². The summed E-state index contributed by atoms with van der Waals surface area (Å²) in [6, 6.07) is 7.62. The number of rotatable bonds is 4. The summed E-state index contributed by atoms with van der Waals surface area (Å²) in [5.41, 5.74) is 2.03. The Morgan fingerprint density at radius 2 is 2.00 bits per heavy atom. The molecule has 4 heteroatoms. The molecular weight excluding hydrogens is 224 g/mol. The van der Waals surface area contributed by atoms with Gasteiger partial charge in [0.05, 0.1) is 0 Å². The predicted molar refractivity (Wildman–Crippen MR) is 64.6 cm³/mol. The van der Waals surface area contributed by atoms with Crippen LogP contribution in [-0.4, -0.2) is 21.4 Å². The lowest BCUT2D eigenvalue weighted by Gasteiger charge is -2.11. The third-order valence-electron chi connectivity index (χ3n) is 2.25. The van der Waals surface area contributed by atoms with Crippen molar-refractivity contribution in [2.24, 2.45) is 0 Å². The normalized spacial score (nSPS) is 12.1. The Bertz CT molecular complexity index is 401. The van der Waals surface area contributed by atoms with E-state index in [2.05, 4.69) is 0 Å². The third-order valence-corrected chi connectivity index (χ3v) is 3.23.